The predicted molar refractivity (Wildman–Crippen MR) is 86.1 cm³/mol. The highest BCUT2D eigenvalue weighted by Gasteiger charge is 2.13. The number of hydrogen-bond acceptors (Lipinski definition) is 0. The van der Waals surface area contributed by atoms with Crippen molar-refractivity contribution >= 4 is 28.2 Å². The summed E-state index contributed by atoms with van der Waals surface area (Å²) in [6, 6.07) is 2.93. The number of halogens is 3. The molecule has 0 heterocycles. The first-order valence-electron chi connectivity index (χ1n) is 6.94. The average molecular weight is 378 g/mol. The molecule has 0 atom stereocenters. The smallest absolute Gasteiger partial charge is 0.172 e. The summed E-state index contributed by atoms with van der Waals surface area (Å²) in [6.07, 6.45) is 8.58. The highest BCUT2D eigenvalue weighted by molar-refractivity contribution is 14.1. The fraction of sp³-hybridized carbons (Fsp3) is 0.500. The Kier molecular flexibility index (Phi) is 7.57. The molecular formula is C16H21F2I. The zero-order valence-corrected chi connectivity index (χ0v) is 13.8. The SMILES string of the molecule is CCCC/C=C(\CCCC)c1ccc(F)c(F)c1I. The van der Waals surface area contributed by atoms with Gasteiger partial charge >= 0.3 is 0 Å². The summed E-state index contributed by atoms with van der Waals surface area (Å²) < 4.78 is 27.2. The standard InChI is InChI=1S/C16H21F2I/c1-3-5-7-9-12(8-6-4-2)13-10-11-14(17)15(18)16(13)19/h9-11H,3-8H2,1-2H3/b12-9+. The molecule has 0 unspecified atom stereocenters. The van der Waals surface area contributed by atoms with Gasteiger partial charge in [-0.25, -0.2) is 8.78 Å². The molecule has 0 radical (unpaired) electrons. The van der Waals surface area contributed by atoms with Gasteiger partial charge in [0, 0.05) is 0 Å². The van der Waals surface area contributed by atoms with E-state index in [-0.39, 0.29) is 0 Å². The third kappa shape index (κ3) is 4.86. The minimum Gasteiger partial charge on any atom is -0.204 e. The predicted octanol–water partition coefficient (Wildman–Crippen LogP) is 6.33. The molecule has 0 saturated carbocycles. The van der Waals surface area contributed by atoms with Gasteiger partial charge in [0.25, 0.3) is 0 Å². The molecule has 0 fully saturated rings. The van der Waals surface area contributed by atoms with E-state index in [2.05, 4.69) is 19.9 Å². The van der Waals surface area contributed by atoms with Crippen molar-refractivity contribution in [1.82, 2.24) is 0 Å². The highest BCUT2D eigenvalue weighted by atomic mass is 127. The summed E-state index contributed by atoms with van der Waals surface area (Å²) in [5.74, 6) is -1.49. The lowest BCUT2D eigenvalue weighted by Crippen LogP contribution is -1.96. The van der Waals surface area contributed by atoms with Crippen molar-refractivity contribution in [3.8, 4) is 0 Å². The molecule has 1 rings (SSSR count). The lowest BCUT2D eigenvalue weighted by molar-refractivity contribution is 0.503. The van der Waals surface area contributed by atoms with Crippen LogP contribution in [0.5, 0.6) is 0 Å². The topological polar surface area (TPSA) is 0 Å². The zero-order valence-electron chi connectivity index (χ0n) is 11.6. The van der Waals surface area contributed by atoms with Crippen molar-refractivity contribution < 1.29 is 8.78 Å². The van der Waals surface area contributed by atoms with Crippen molar-refractivity contribution in [1.29, 1.82) is 0 Å². The molecule has 3 heteroatoms. The van der Waals surface area contributed by atoms with Gasteiger partial charge in [-0.15, -0.1) is 0 Å². The Balaban J connectivity index is 3.03. The van der Waals surface area contributed by atoms with Gasteiger partial charge < -0.3 is 0 Å². The summed E-state index contributed by atoms with van der Waals surface area (Å²) in [5, 5.41) is 0. The molecule has 0 nitrogen and oxygen atoms in total. The maximum atomic E-state index is 13.7. The van der Waals surface area contributed by atoms with Crippen molar-refractivity contribution in [3.05, 3.63) is 39.0 Å². The zero-order chi connectivity index (χ0) is 14.3. The van der Waals surface area contributed by atoms with Crippen molar-refractivity contribution in [2.45, 2.75) is 52.4 Å². The number of allylic oxidation sites excluding steroid dienone is 2. The maximum Gasteiger partial charge on any atom is 0.172 e. The first kappa shape index (κ1) is 16.6. The van der Waals surface area contributed by atoms with E-state index in [0.717, 1.165) is 49.7 Å². The molecule has 0 spiro atoms. The van der Waals surface area contributed by atoms with Gasteiger partial charge in [0.05, 0.1) is 3.57 Å². The summed E-state index contributed by atoms with van der Waals surface area (Å²) in [6.45, 7) is 4.29. The van der Waals surface area contributed by atoms with E-state index in [0.29, 0.717) is 3.57 Å². The van der Waals surface area contributed by atoms with Crippen molar-refractivity contribution in [2.24, 2.45) is 0 Å². The van der Waals surface area contributed by atoms with Gasteiger partial charge in [0.2, 0.25) is 0 Å². The Morgan fingerprint density at radius 1 is 1.16 bits per heavy atom. The van der Waals surface area contributed by atoms with Crippen LogP contribution in [0.4, 0.5) is 8.78 Å². The van der Waals surface area contributed by atoms with Crippen molar-refractivity contribution in [3.63, 3.8) is 0 Å². The van der Waals surface area contributed by atoms with Crippen LogP contribution in [0.2, 0.25) is 0 Å². The summed E-state index contributed by atoms with van der Waals surface area (Å²) >= 11 is 1.90. The molecule has 0 aliphatic heterocycles. The van der Waals surface area contributed by atoms with E-state index in [1.807, 2.05) is 22.6 Å². The van der Waals surface area contributed by atoms with E-state index in [1.165, 1.54) is 6.07 Å². The second kappa shape index (κ2) is 8.67. The maximum absolute atomic E-state index is 13.7. The molecule has 0 N–H and O–H groups in total. The van der Waals surface area contributed by atoms with Gasteiger partial charge in [0.15, 0.2) is 11.6 Å². The molecule has 1 aromatic rings. The Morgan fingerprint density at radius 2 is 1.84 bits per heavy atom. The Bertz CT molecular complexity index is 439. The summed E-state index contributed by atoms with van der Waals surface area (Å²) in [4.78, 5) is 0. The highest BCUT2D eigenvalue weighted by Crippen LogP contribution is 2.29. The van der Waals surface area contributed by atoms with Crippen LogP contribution in [0.3, 0.4) is 0 Å². The van der Waals surface area contributed by atoms with E-state index in [1.54, 1.807) is 6.07 Å². The second-order valence-electron chi connectivity index (χ2n) is 4.70. The summed E-state index contributed by atoms with van der Waals surface area (Å²) in [5.41, 5.74) is 2.00. The number of unbranched alkanes of at least 4 members (excludes halogenated alkanes) is 3. The Hall–Kier alpha value is -0.450. The van der Waals surface area contributed by atoms with Crippen LogP contribution in [-0.4, -0.2) is 0 Å². The van der Waals surface area contributed by atoms with Crippen LogP contribution in [0.15, 0.2) is 18.2 Å². The van der Waals surface area contributed by atoms with Crippen LogP contribution in [0.1, 0.15) is 57.9 Å². The molecule has 19 heavy (non-hydrogen) atoms. The molecule has 0 amide bonds. The molecule has 1 aromatic carbocycles. The summed E-state index contributed by atoms with van der Waals surface area (Å²) in [7, 11) is 0. The van der Waals surface area contributed by atoms with Gasteiger partial charge in [-0.1, -0.05) is 45.3 Å². The third-order valence-electron chi connectivity index (χ3n) is 3.13. The van der Waals surface area contributed by atoms with E-state index in [9.17, 15) is 8.78 Å². The fourth-order valence-electron chi connectivity index (χ4n) is 1.97. The molecule has 0 aliphatic rings. The Labute approximate surface area is 128 Å². The van der Waals surface area contributed by atoms with Crippen molar-refractivity contribution in [2.75, 3.05) is 0 Å². The van der Waals surface area contributed by atoms with Crippen LogP contribution in [0.25, 0.3) is 5.57 Å². The molecule has 0 aromatic heterocycles. The van der Waals surface area contributed by atoms with E-state index < -0.39 is 11.6 Å². The molecule has 0 bridgehead atoms. The normalized spacial score (nSPS) is 11.9. The molecule has 106 valence electrons. The van der Waals surface area contributed by atoms with Crippen LogP contribution >= 0.6 is 22.6 Å². The van der Waals surface area contributed by atoms with Crippen LogP contribution in [0, 0.1) is 15.2 Å². The first-order valence-corrected chi connectivity index (χ1v) is 8.02. The largest absolute Gasteiger partial charge is 0.204 e. The lowest BCUT2D eigenvalue weighted by atomic mass is 9.98. The number of rotatable bonds is 7. The molecular weight excluding hydrogens is 357 g/mol. The van der Waals surface area contributed by atoms with E-state index in [4.69, 9.17) is 0 Å². The fourth-order valence-corrected chi connectivity index (χ4v) is 2.75. The minimum absolute atomic E-state index is 0.399. The second-order valence-corrected chi connectivity index (χ2v) is 5.78. The number of benzene rings is 1. The van der Waals surface area contributed by atoms with Crippen LogP contribution in [-0.2, 0) is 0 Å². The monoisotopic (exact) mass is 378 g/mol. The first-order chi connectivity index (χ1) is 9.11. The number of hydrogen-bond donors (Lipinski definition) is 0. The van der Waals surface area contributed by atoms with E-state index >= 15 is 0 Å². The van der Waals surface area contributed by atoms with Gasteiger partial charge in [0.1, 0.15) is 0 Å². The van der Waals surface area contributed by atoms with Gasteiger partial charge in [-0.3, -0.25) is 0 Å². The van der Waals surface area contributed by atoms with Gasteiger partial charge in [-0.05, 0) is 59.1 Å². The third-order valence-corrected chi connectivity index (χ3v) is 4.18. The lowest BCUT2D eigenvalue weighted by Gasteiger charge is -2.11. The van der Waals surface area contributed by atoms with Gasteiger partial charge in [-0.2, -0.15) is 0 Å². The Morgan fingerprint density at radius 3 is 2.47 bits per heavy atom. The molecule has 0 saturated heterocycles. The molecule has 0 aliphatic carbocycles. The minimum atomic E-state index is -0.767. The average Bonchev–Trinajstić information content (AvgIpc) is 2.41. The quantitative estimate of drug-likeness (QED) is 0.295. The van der Waals surface area contributed by atoms with Crippen LogP contribution < -0.4 is 0 Å².